The lowest BCUT2D eigenvalue weighted by molar-refractivity contribution is 0.463. The highest BCUT2D eigenvalue weighted by Gasteiger charge is 2.36. The zero-order valence-electron chi connectivity index (χ0n) is 5.71. The highest BCUT2D eigenvalue weighted by Crippen LogP contribution is 2.45. The quantitative estimate of drug-likeness (QED) is 0.494. The van der Waals surface area contributed by atoms with Crippen molar-refractivity contribution in [3.8, 4) is 0 Å². The molecule has 2 aliphatic carbocycles. The molecule has 0 bridgehead atoms. The molecule has 0 nitrogen and oxygen atoms in total. The van der Waals surface area contributed by atoms with Crippen molar-refractivity contribution >= 4 is 12.6 Å². The van der Waals surface area contributed by atoms with Crippen LogP contribution in [0.1, 0.15) is 32.1 Å². The van der Waals surface area contributed by atoms with E-state index in [2.05, 4.69) is 12.6 Å². The van der Waals surface area contributed by atoms with E-state index in [0.717, 1.165) is 17.1 Å². The molecule has 2 rings (SSSR count). The minimum Gasteiger partial charge on any atom is -0.176 e. The average molecular weight is 142 g/mol. The van der Waals surface area contributed by atoms with Gasteiger partial charge in [0.15, 0.2) is 0 Å². The van der Waals surface area contributed by atoms with Crippen LogP contribution in [0.5, 0.6) is 0 Å². The van der Waals surface area contributed by atoms with Gasteiger partial charge in [-0.2, -0.15) is 12.6 Å². The molecule has 0 N–H and O–H groups in total. The van der Waals surface area contributed by atoms with Crippen LogP contribution in [0.2, 0.25) is 0 Å². The number of fused-ring (bicyclic) bond motifs is 1. The largest absolute Gasteiger partial charge is 0.176 e. The van der Waals surface area contributed by atoms with Gasteiger partial charge in [-0.15, -0.1) is 0 Å². The van der Waals surface area contributed by atoms with Gasteiger partial charge in [-0.3, -0.25) is 0 Å². The smallest absolute Gasteiger partial charge is 0.00478 e. The van der Waals surface area contributed by atoms with Crippen molar-refractivity contribution in [2.45, 2.75) is 37.4 Å². The van der Waals surface area contributed by atoms with Gasteiger partial charge in [0.25, 0.3) is 0 Å². The molecular weight excluding hydrogens is 128 g/mol. The third-order valence-electron chi connectivity index (χ3n) is 3.05. The molecule has 2 aliphatic rings. The lowest BCUT2D eigenvalue weighted by atomic mass is 10.0. The SMILES string of the molecule is SC1CCC2CCCC12. The van der Waals surface area contributed by atoms with Gasteiger partial charge in [-0.1, -0.05) is 12.8 Å². The minimum atomic E-state index is 0.762. The van der Waals surface area contributed by atoms with Crippen molar-refractivity contribution in [1.82, 2.24) is 0 Å². The fourth-order valence-corrected chi connectivity index (χ4v) is 3.07. The predicted molar refractivity (Wildman–Crippen MR) is 42.8 cm³/mol. The Morgan fingerprint density at radius 3 is 2.67 bits per heavy atom. The lowest BCUT2D eigenvalue weighted by Gasteiger charge is -2.11. The molecule has 1 heteroatoms. The molecule has 2 fully saturated rings. The Morgan fingerprint density at radius 1 is 1.00 bits per heavy atom. The second-order valence-corrected chi connectivity index (χ2v) is 4.16. The molecule has 0 aromatic carbocycles. The number of rotatable bonds is 0. The first-order chi connectivity index (χ1) is 4.38. The number of hydrogen-bond acceptors (Lipinski definition) is 1. The summed E-state index contributed by atoms with van der Waals surface area (Å²) >= 11 is 4.57. The van der Waals surface area contributed by atoms with Crippen LogP contribution in [-0.4, -0.2) is 5.25 Å². The van der Waals surface area contributed by atoms with Gasteiger partial charge in [0.05, 0.1) is 0 Å². The van der Waals surface area contributed by atoms with Crippen LogP contribution in [0.15, 0.2) is 0 Å². The Kier molecular flexibility index (Phi) is 1.48. The highest BCUT2D eigenvalue weighted by molar-refractivity contribution is 7.81. The van der Waals surface area contributed by atoms with E-state index in [4.69, 9.17) is 0 Å². The Morgan fingerprint density at radius 2 is 1.89 bits per heavy atom. The van der Waals surface area contributed by atoms with Gasteiger partial charge in [0.2, 0.25) is 0 Å². The summed E-state index contributed by atoms with van der Waals surface area (Å²) in [6.45, 7) is 0. The summed E-state index contributed by atoms with van der Waals surface area (Å²) in [5.74, 6) is 2.08. The summed E-state index contributed by atoms with van der Waals surface area (Å²) in [6, 6.07) is 0. The molecule has 0 heterocycles. The van der Waals surface area contributed by atoms with Gasteiger partial charge in [-0.05, 0) is 31.1 Å². The van der Waals surface area contributed by atoms with E-state index >= 15 is 0 Å². The summed E-state index contributed by atoms with van der Waals surface area (Å²) in [7, 11) is 0. The second-order valence-electron chi connectivity index (χ2n) is 3.50. The fraction of sp³-hybridized carbons (Fsp3) is 1.00. The van der Waals surface area contributed by atoms with Gasteiger partial charge in [-0.25, -0.2) is 0 Å². The van der Waals surface area contributed by atoms with Crippen LogP contribution < -0.4 is 0 Å². The molecule has 52 valence electrons. The monoisotopic (exact) mass is 142 g/mol. The minimum absolute atomic E-state index is 0.762. The molecule has 0 radical (unpaired) electrons. The molecule has 3 atom stereocenters. The molecule has 9 heavy (non-hydrogen) atoms. The first kappa shape index (κ1) is 6.09. The molecule has 0 aliphatic heterocycles. The Hall–Kier alpha value is 0.350. The maximum absolute atomic E-state index is 4.57. The van der Waals surface area contributed by atoms with E-state index in [0.29, 0.717) is 0 Å². The molecule has 3 unspecified atom stereocenters. The maximum Gasteiger partial charge on any atom is 0.00478 e. The number of thiol groups is 1. The third kappa shape index (κ3) is 0.899. The zero-order chi connectivity index (χ0) is 6.27. The second kappa shape index (κ2) is 2.19. The summed E-state index contributed by atoms with van der Waals surface area (Å²) < 4.78 is 0. The van der Waals surface area contributed by atoms with E-state index < -0.39 is 0 Å². The van der Waals surface area contributed by atoms with Crippen LogP contribution in [0.3, 0.4) is 0 Å². The van der Waals surface area contributed by atoms with E-state index in [1.165, 1.54) is 32.1 Å². The lowest BCUT2D eigenvalue weighted by Crippen LogP contribution is -2.07. The Labute approximate surface area is 62.4 Å². The van der Waals surface area contributed by atoms with Crippen LogP contribution >= 0.6 is 12.6 Å². The van der Waals surface area contributed by atoms with Crippen molar-refractivity contribution in [2.24, 2.45) is 11.8 Å². The first-order valence-corrected chi connectivity index (χ1v) is 4.57. The zero-order valence-corrected chi connectivity index (χ0v) is 6.61. The third-order valence-corrected chi connectivity index (χ3v) is 3.69. The molecule has 0 spiro atoms. The summed E-state index contributed by atoms with van der Waals surface area (Å²) in [5, 5.41) is 0.762. The summed E-state index contributed by atoms with van der Waals surface area (Å²) in [6.07, 6.45) is 7.31. The van der Waals surface area contributed by atoms with Gasteiger partial charge in [0.1, 0.15) is 0 Å². The van der Waals surface area contributed by atoms with Crippen molar-refractivity contribution in [1.29, 1.82) is 0 Å². The summed E-state index contributed by atoms with van der Waals surface area (Å²) in [4.78, 5) is 0. The molecule has 0 aromatic rings. The van der Waals surface area contributed by atoms with Crippen LogP contribution in [-0.2, 0) is 0 Å². The highest BCUT2D eigenvalue weighted by atomic mass is 32.1. The van der Waals surface area contributed by atoms with E-state index in [1.54, 1.807) is 0 Å². The van der Waals surface area contributed by atoms with Crippen molar-refractivity contribution in [3.63, 3.8) is 0 Å². The standard InChI is InChI=1S/C8H14S/c9-8-5-4-6-2-1-3-7(6)8/h6-9H,1-5H2. The Balaban J connectivity index is 2.07. The predicted octanol–water partition coefficient (Wildman–Crippen LogP) is 2.49. The summed E-state index contributed by atoms with van der Waals surface area (Å²) in [5.41, 5.74) is 0. The first-order valence-electron chi connectivity index (χ1n) is 4.06. The van der Waals surface area contributed by atoms with E-state index in [1.807, 2.05) is 0 Å². The van der Waals surface area contributed by atoms with Gasteiger partial charge >= 0.3 is 0 Å². The van der Waals surface area contributed by atoms with E-state index in [-0.39, 0.29) is 0 Å². The molecule has 0 aromatic heterocycles. The van der Waals surface area contributed by atoms with Crippen molar-refractivity contribution < 1.29 is 0 Å². The fourth-order valence-electron chi connectivity index (χ4n) is 2.53. The topological polar surface area (TPSA) is 0 Å². The molecular formula is C8H14S. The van der Waals surface area contributed by atoms with Crippen LogP contribution in [0.4, 0.5) is 0 Å². The Bertz CT molecular complexity index is 111. The van der Waals surface area contributed by atoms with Gasteiger partial charge in [0, 0.05) is 5.25 Å². The maximum atomic E-state index is 4.57. The molecule has 2 saturated carbocycles. The molecule has 0 amide bonds. The van der Waals surface area contributed by atoms with Crippen LogP contribution in [0.25, 0.3) is 0 Å². The molecule has 0 saturated heterocycles. The van der Waals surface area contributed by atoms with Crippen LogP contribution in [0, 0.1) is 11.8 Å². The van der Waals surface area contributed by atoms with Crippen molar-refractivity contribution in [2.75, 3.05) is 0 Å². The normalized spacial score (nSPS) is 49.7. The number of hydrogen-bond donors (Lipinski definition) is 1. The van der Waals surface area contributed by atoms with Gasteiger partial charge < -0.3 is 0 Å². The average Bonchev–Trinajstić information content (AvgIpc) is 2.35. The van der Waals surface area contributed by atoms with Crippen molar-refractivity contribution in [3.05, 3.63) is 0 Å². The van der Waals surface area contributed by atoms with E-state index in [9.17, 15) is 0 Å².